The summed E-state index contributed by atoms with van der Waals surface area (Å²) >= 11 is 0. The first-order chi connectivity index (χ1) is 13.3. The molecule has 0 spiro atoms. The Kier molecular flexibility index (Phi) is 5.82. The fourth-order valence-electron chi connectivity index (χ4n) is 3.48. The van der Waals surface area contributed by atoms with Gasteiger partial charge in [-0.2, -0.15) is 4.98 Å². The van der Waals surface area contributed by atoms with E-state index in [2.05, 4.69) is 10.1 Å². The highest BCUT2D eigenvalue weighted by atomic mass is 16.5. The lowest BCUT2D eigenvalue weighted by Gasteiger charge is -2.33. The molecule has 1 amide bonds. The average molecular weight is 385 g/mol. The molecule has 1 saturated heterocycles. The molecule has 7 nitrogen and oxygen atoms in total. The van der Waals surface area contributed by atoms with Crippen LogP contribution < -0.4 is 0 Å². The summed E-state index contributed by atoms with van der Waals surface area (Å²) in [6.45, 7) is 7.27. The molecule has 0 radical (unpaired) electrons. The molecule has 0 aliphatic carbocycles. The maximum Gasteiger partial charge on any atom is 0.303 e. The van der Waals surface area contributed by atoms with Gasteiger partial charge in [0.15, 0.2) is 5.82 Å². The Bertz CT molecular complexity index is 853. The summed E-state index contributed by atoms with van der Waals surface area (Å²) in [6, 6.07) is 7.26. The van der Waals surface area contributed by atoms with Gasteiger partial charge in [0.2, 0.25) is 0 Å². The molecule has 1 aliphatic rings. The quantitative estimate of drug-likeness (QED) is 0.842. The summed E-state index contributed by atoms with van der Waals surface area (Å²) in [5.74, 6) is 0.285. The molecular formula is C21H27N3O4. The topological polar surface area (TPSA) is 96.5 Å². The van der Waals surface area contributed by atoms with Gasteiger partial charge in [0.05, 0.1) is 11.1 Å². The third kappa shape index (κ3) is 4.58. The van der Waals surface area contributed by atoms with E-state index in [-0.39, 0.29) is 23.7 Å². The zero-order valence-electron chi connectivity index (χ0n) is 16.6. The first-order valence-electron chi connectivity index (χ1n) is 9.70. The predicted molar refractivity (Wildman–Crippen MR) is 104 cm³/mol. The zero-order chi connectivity index (χ0) is 20.3. The van der Waals surface area contributed by atoms with E-state index >= 15 is 0 Å². The molecule has 1 aliphatic heterocycles. The molecule has 1 fully saturated rings. The van der Waals surface area contributed by atoms with E-state index in [1.54, 1.807) is 6.07 Å². The van der Waals surface area contributed by atoms with E-state index in [0.717, 1.165) is 12.8 Å². The van der Waals surface area contributed by atoms with Gasteiger partial charge in [0.25, 0.3) is 11.8 Å². The smallest absolute Gasteiger partial charge is 0.303 e. The molecule has 3 rings (SSSR count). The van der Waals surface area contributed by atoms with Gasteiger partial charge in [0, 0.05) is 24.9 Å². The number of carbonyl (C=O) groups is 2. The Morgan fingerprint density at radius 2 is 2.04 bits per heavy atom. The summed E-state index contributed by atoms with van der Waals surface area (Å²) in [4.78, 5) is 30.4. The molecule has 2 heterocycles. The van der Waals surface area contributed by atoms with Crippen molar-refractivity contribution in [1.82, 2.24) is 15.0 Å². The SMILES string of the molecule is CC(C)(C)c1noc(-c2ccccc2C(=O)N2CCCC(CCC(=O)O)C2)n1. The molecule has 1 unspecified atom stereocenters. The Labute approximate surface area is 164 Å². The number of piperidine rings is 1. The summed E-state index contributed by atoms with van der Waals surface area (Å²) in [7, 11) is 0. The molecule has 28 heavy (non-hydrogen) atoms. The van der Waals surface area contributed by atoms with Crippen LogP contribution in [0.1, 0.15) is 62.6 Å². The van der Waals surface area contributed by atoms with Crippen LogP contribution in [0.5, 0.6) is 0 Å². The molecule has 7 heteroatoms. The second kappa shape index (κ2) is 8.12. The van der Waals surface area contributed by atoms with E-state index in [0.29, 0.717) is 42.4 Å². The molecule has 1 aromatic heterocycles. The molecule has 0 bridgehead atoms. The van der Waals surface area contributed by atoms with Crippen LogP contribution in [0.3, 0.4) is 0 Å². The number of benzene rings is 1. The third-order valence-corrected chi connectivity index (χ3v) is 5.06. The number of likely N-dealkylation sites (tertiary alicyclic amines) is 1. The van der Waals surface area contributed by atoms with Crippen molar-refractivity contribution in [3.63, 3.8) is 0 Å². The van der Waals surface area contributed by atoms with Gasteiger partial charge in [-0.1, -0.05) is 38.1 Å². The van der Waals surface area contributed by atoms with Crippen molar-refractivity contribution in [2.75, 3.05) is 13.1 Å². The first-order valence-corrected chi connectivity index (χ1v) is 9.70. The Hall–Kier alpha value is -2.70. The normalized spacial score (nSPS) is 17.5. The van der Waals surface area contributed by atoms with Crippen LogP contribution >= 0.6 is 0 Å². The Morgan fingerprint density at radius 3 is 2.71 bits per heavy atom. The molecule has 2 aromatic rings. The van der Waals surface area contributed by atoms with Crippen molar-refractivity contribution in [1.29, 1.82) is 0 Å². The van der Waals surface area contributed by atoms with Gasteiger partial charge in [-0.3, -0.25) is 9.59 Å². The van der Waals surface area contributed by atoms with E-state index < -0.39 is 5.97 Å². The highest BCUT2D eigenvalue weighted by Gasteiger charge is 2.28. The van der Waals surface area contributed by atoms with Crippen molar-refractivity contribution >= 4 is 11.9 Å². The Morgan fingerprint density at radius 1 is 1.29 bits per heavy atom. The second-order valence-corrected chi connectivity index (χ2v) is 8.41. The summed E-state index contributed by atoms with van der Waals surface area (Å²) in [5.41, 5.74) is 0.916. The lowest BCUT2D eigenvalue weighted by molar-refractivity contribution is -0.137. The first kappa shape index (κ1) is 20.0. The average Bonchev–Trinajstić information content (AvgIpc) is 3.16. The molecule has 150 valence electrons. The number of carbonyl (C=O) groups excluding carboxylic acids is 1. The standard InChI is InChI=1S/C21H27N3O4/c1-21(2,3)20-22-18(28-23-20)15-8-4-5-9-16(15)19(27)24-12-6-7-14(13-24)10-11-17(25)26/h4-5,8-9,14H,6-7,10-13H2,1-3H3,(H,25,26). The van der Waals surface area contributed by atoms with Gasteiger partial charge >= 0.3 is 5.97 Å². The van der Waals surface area contributed by atoms with Crippen LogP contribution in [0.25, 0.3) is 11.5 Å². The Balaban J connectivity index is 1.81. The van der Waals surface area contributed by atoms with Gasteiger partial charge in [-0.25, -0.2) is 0 Å². The van der Waals surface area contributed by atoms with Gasteiger partial charge in [-0.15, -0.1) is 0 Å². The number of amides is 1. The minimum atomic E-state index is -0.792. The fraction of sp³-hybridized carbons (Fsp3) is 0.524. The minimum Gasteiger partial charge on any atom is -0.481 e. The van der Waals surface area contributed by atoms with E-state index in [9.17, 15) is 9.59 Å². The van der Waals surface area contributed by atoms with Crippen LogP contribution in [0.2, 0.25) is 0 Å². The van der Waals surface area contributed by atoms with E-state index in [1.807, 2.05) is 43.9 Å². The lowest BCUT2D eigenvalue weighted by atomic mass is 9.92. The van der Waals surface area contributed by atoms with Crippen LogP contribution in [0, 0.1) is 5.92 Å². The van der Waals surface area contributed by atoms with Crippen molar-refractivity contribution in [2.24, 2.45) is 5.92 Å². The van der Waals surface area contributed by atoms with Gasteiger partial charge < -0.3 is 14.5 Å². The van der Waals surface area contributed by atoms with Crippen LogP contribution in [0.15, 0.2) is 28.8 Å². The second-order valence-electron chi connectivity index (χ2n) is 8.41. The number of hydrogen-bond donors (Lipinski definition) is 1. The number of carboxylic acid groups (broad SMARTS) is 1. The molecular weight excluding hydrogens is 358 g/mol. The van der Waals surface area contributed by atoms with Crippen molar-refractivity contribution in [2.45, 2.75) is 51.9 Å². The maximum absolute atomic E-state index is 13.2. The molecule has 1 N–H and O–H groups in total. The largest absolute Gasteiger partial charge is 0.481 e. The molecule has 1 aromatic carbocycles. The third-order valence-electron chi connectivity index (χ3n) is 5.06. The number of hydrogen-bond acceptors (Lipinski definition) is 5. The van der Waals surface area contributed by atoms with Crippen LogP contribution in [0.4, 0.5) is 0 Å². The summed E-state index contributed by atoms with van der Waals surface area (Å²) < 4.78 is 5.44. The maximum atomic E-state index is 13.2. The molecule has 0 saturated carbocycles. The summed E-state index contributed by atoms with van der Waals surface area (Å²) in [5, 5.41) is 13.0. The lowest BCUT2D eigenvalue weighted by Crippen LogP contribution is -2.40. The van der Waals surface area contributed by atoms with Crippen molar-refractivity contribution < 1.29 is 19.2 Å². The fourth-order valence-corrected chi connectivity index (χ4v) is 3.48. The zero-order valence-corrected chi connectivity index (χ0v) is 16.6. The number of nitrogens with zero attached hydrogens (tertiary/aromatic N) is 3. The number of aromatic nitrogens is 2. The highest BCUT2D eigenvalue weighted by molar-refractivity contribution is 6.00. The van der Waals surface area contributed by atoms with E-state index in [1.165, 1.54) is 0 Å². The predicted octanol–water partition coefficient (Wildman–Crippen LogP) is 3.75. The highest BCUT2D eigenvalue weighted by Crippen LogP contribution is 2.28. The number of rotatable bonds is 5. The minimum absolute atomic E-state index is 0.0777. The van der Waals surface area contributed by atoms with Crippen molar-refractivity contribution in [3.05, 3.63) is 35.7 Å². The molecule has 1 atom stereocenters. The monoisotopic (exact) mass is 385 g/mol. The van der Waals surface area contributed by atoms with E-state index in [4.69, 9.17) is 9.63 Å². The van der Waals surface area contributed by atoms with Crippen molar-refractivity contribution in [3.8, 4) is 11.5 Å². The number of aliphatic carboxylic acids is 1. The summed E-state index contributed by atoms with van der Waals surface area (Å²) in [6.07, 6.45) is 2.57. The van der Waals surface area contributed by atoms with Gasteiger partial charge in [0.1, 0.15) is 0 Å². The van der Waals surface area contributed by atoms with Crippen LogP contribution in [-0.4, -0.2) is 45.1 Å². The van der Waals surface area contributed by atoms with Crippen LogP contribution in [-0.2, 0) is 10.2 Å². The van der Waals surface area contributed by atoms with Gasteiger partial charge in [-0.05, 0) is 37.3 Å². The number of carboxylic acids is 1.